The molecule has 0 unspecified atom stereocenters. The van der Waals surface area contributed by atoms with E-state index in [1.165, 1.54) is 18.1 Å². The van der Waals surface area contributed by atoms with Crippen molar-refractivity contribution in [2.75, 3.05) is 0 Å². The Labute approximate surface area is 98.8 Å². The summed E-state index contributed by atoms with van der Waals surface area (Å²) in [6.45, 7) is 0. The summed E-state index contributed by atoms with van der Waals surface area (Å²) >= 11 is 3.62. The molecule has 0 aromatic carbocycles. The van der Waals surface area contributed by atoms with E-state index in [2.05, 4.69) is 42.5 Å². The largest absolute Gasteiger partial charge is 0.244 e. The fourth-order valence-electron chi connectivity index (χ4n) is 0.801. The Balaban J connectivity index is 2.24. The Hall–Kier alpha value is -0.760. The highest BCUT2D eigenvalue weighted by atomic mass is 127. The van der Waals surface area contributed by atoms with Crippen LogP contribution in [0.2, 0.25) is 0 Å². The number of nitrogens with zero attached hydrogens (tertiary/aromatic N) is 4. The number of aromatic nitrogens is 4. The van der Waals surface area contributed by atoms with Gasteiger partial charge in [-0.05, 0) is 40.4 Å². The quantitative estimate of drug-likeness (QED) is 0.482. The number of halogens is 1. The molecular weight excluding hydrogens is 311 g/mol. The molecule has 0 fully saturated rings. The van der Waals surface area contributed by atoms with Crippen LogP contribution in [0.25, 0.3) is 0 Å². The second kappa shape index (κ2) is 4.65. The van der Waals surface area contributed by atoms with Crippen molar-refractivity contribution in [3.05, 3.63) is 34.6 Å². The summed E-state index contributed by atoms with van der Waals surface area (Å²) in [4.78, 5) is 16.3. The Bertz CT molecular complexity index is 423. The predicted molar refractivity (Wildman–Crippen MR) is 60.9 cm³/mol. The molecule has 0 spiro atoms. The first-order chi connectivity index (χ1) is 6.86. The highest BCUT2D eigenvalue weighted by Gasteiger charge is 2.04. The van der Waals surface area contributed by atoms with Crippen molar-refractivity contribution in [1.29, 1.82) is 0 Å². The summed E-state index contributed by atoms with van der Waals surface area (Å²) < 4.78 is 1.00. The van der Waals surface area contributed by atoms with E-state index < -0.39 is 0 Å². The molecule has 2 aromatic heterocycles. The Kier molecular flexibility index (Phi) is 3.25. The third-order valence-electron chi connectivity index (χ3n) is 1.36. The van der Waals surface area contributed by atoms with Crippen LogP contribution in [0.4, 0.5) is 0 Å². The molecule has 0 aliphatic rings. The first-order valence-electron chi connectivity index (χ1n) is 3.76. The molecule has 70 valence electrons. The summed E-state index contributed by atoms with van der Waals surface area (Å²) in [5, 5.41) is 1.58. The smallest absolute Gasteiger partial charge is 0.193 e. The van der Waals surface area contributed by atoms with Crippen LogP contribution in [0, 0.1) is 3.57 Å². The van der Waals surface area contributed by atoms with Crippen molar-refractivity contribution in [3.63, 3.8) is 0 Å². The van der Waals surface area contributed by atoms with Gasteiger partial charge in [0.15, 0.2) is 5.16 Å². The Morgan fingerprint density at radius 2 is 1.93 bits per heavy atom. The second-order valence-electron chi connectivity index (χ2n) is 2.31. The summed E-state index contributed by atoms with van der Waals surface area (Å²) in [7, 11) is 0. The maximum absolute atomic E-state index is 4.14. The summed E-state index contributed by atoms with van der Waals surface area (Å²) in [5.41, 5.74) is 0. The van der Waals surface area contributed by atoms with E-state index in [1.54, 1.807) is 24.7 Å². The molecule has 0 aliphatic heterocycles. The molecule has 4 nitrogen and oxygen atoms in total. The summed E-state index contributed by atoms with van der Waals surface area (Å²) in [5.74, 6) is 0. The van der Waals surface area contributed by atoms with Gasteiger partial charge in [0.25, 0.3) is 0 Å². The van der Waals surface area contributed by atoms with Crippen LogP contribution in [0.1, 0.15) is 0 Å². The molecule has 0 radical (unpaired) electrons. The third kappa shape index (κ3) is 2.38. The molecule has 0 aliphatic carbocycles. The summed E-state index contributed by atoms with van der Waals surface area (Å²) in [6.07, 6.45) is 6.71. The molecular formula is C8H5IN4S. The lowest BCUT2D eigenvalue weighted by atomic mass is 10.7. The van der Waals surface area contributed by atoms with Gasteiger partial charge in [-0.3, -0.25) is 0 Å². The van der Waals surface area contributed by atoms with Crippen LogP contribution in [0.5, 0.6) is 0 Å². The maximum Gasteiger partial charge on any atom is 0.193 e. The van der Waals surface area contributed by atoms with Gasteiger partial charge in [-0.25, -0.2) is 19.9 Å². The molecule has 0 saturated carbocycles. The topological polar surface area (TPSA) is 51.6 Å². The average Bonchev–Trinajstić information content (AvgIpc) is 2.23. The van der Waals surface area contributed by atoms with Crippen LogP contribution < -0.4 is 0 Å². The molecule has 0 saturated heterocycles. The fraction of sp³-hybridized carbons (Fsp3) is 0. The number of hydrogen-bond acceptors (Lipinski definition) is 5. The van der Waals surface area contributed by atoms with E-state index in [9.17, 15) is 0 Å². The van der Waals surface area contributed by atoms with Crippen molar-refractivity contribution in [3.8, 4) is 0 Å². The normalized spacial score (nSPS) is 10.1. The highest BCUT2D eigenvalue weighted by molar-refractivity contribution is 14.1. The minimum atomic E-state index is 0.698. The van der Waals surface area contributed by atoms with Gasteiger partial charge in [0.1, 0.15) is 11.4 Å². The fourth-order valence-corrected chi connectivity index (χ4v) is 2.08. The molecule has 14 heavy (non-hydrogen) atoms. The van der Waals surface area contributed by atoms with Crippen LogP contribution >= 0.6 is 34.4 Å². The highest BCUT2D eigenvalue weighted by Crippen LogP contribution is 2.25. The van der Waals surface area contributed by atoms with E-state index >= 15 is 0 Å². The molecule has 2 heterocycles. The van der Waals surface area contributed by atoms with Crippen LogP contribution in [0.15, 0.2) is 41.2 Å². The minimum absolute atomic E-state index is 0.698. The molecule has 6 heteroatoms. The molecule has 0 atom stereocenters. The van der Waals surface area contributed by atoms with Gasteiger partial charge in [0.05, 0.1) is 3.57 Å². The van der Waals surface area contributed by atoms with Gasteiger partial charge < -0.3 is 0 Å². The van der Waals surface area contributed by atoms with Gasteiger partial charge in [-0.1, -0.05) is 0 Å². The number of rotatable bonds is 2. The average molecular weight is 316 g/mol. The molecule has 2 aromatic rings. The SMILES string of the molecule is Ic1cncnc1Sc1ncccn1. The van der Waals surface area contributed by atoms with Crippen molar-refractivity contribution in [2.45, 2.75) is 10.2 Å². The zero-order chi connectivity index (χ0) is 9.80. The second-order valence-corrected chi connectivity index (χ2v) is 4.43. The van der Waals surface area contributed by atoms with Gasteiger partial charge in [0, 0.05) is 18.6 Å². The van der Waals surface area contributed by atoms with Gasteiger partial charge in [0.2, 0.25) is 0 Å². The van der Waals surface area contributed by atoms with Crippen molar-refractivity contribution in [1.82, 2.24) is 19.9 Å². The van der Waals surface area contributed by atoms with E-state index in [0.29, 0.717) is 5.16 Å². The standard InChI is InChI=1S/C8H5IN4S/c9-6-4-10-5-13-7(6)14-8-11-2-1-3-12-8/h1-5H. The van der Waals surface area contributed by atoms with E-state index in [1.807, 2.05) is 0 Å². The van der Waals surface area contributed by atoms with Crippen LogP contribution in [0.3, 0.4) is 0 Å². The monoisotopic (exact) mass is 316 g/mol. The molecule has 0 amide bonds. The van der Waals surface area contributed by atoms with Gasteiger partial charge in [-0.2, -0.15) is 0 Å². The van der Waals surface area contributed by atoms with Crippen molar-refractivity contribution < 1.29 is 0 Å². The zero-order valence-electron chi connectivity index (χ0n) is 6.96. The van der Waals surface area contributed by atoms with Gasteiger partial charge >= 0.3 is 0 Å². The van der Waals surface area contributed by atoms with Crippen LogP contribution in [-0.4, -0.2) is 19.9 Å². The first-order valence-corrected chi connectivity index (χ1v) is 5.66. The lowest BCUT2D eigenvalue weighted by Gasteiger charge is -1.99. The van der Waals surface area contributed by atoms with E-state index in [-0.39, 0.29) is 0 Å². The minimum Gasteiger partial charge on any atom is -0.244 e. The zero-order valence-corrected chi connectivity index (χ0v) is 9.94. The lowest BCUT2D eigenvalue weighted by molar-refractivity contribution is 0.951. The van der Waals surface area contributed by atoms with E-state index in [4.69, 9.17) is 0 Å². The lowest BCUT2D eigenvalue weighted by Crippen LogP contribution is -1.89. The molecule has 0 N–H and O–H groups in total. The maximum atomic E-state index is 4.14. The van der Waals surface area contributed by atoms with Gasteiger partial charge in [-0.15, -0.1) is 0 Å². The van der Waals surface area contributed by atoms with Crippen LogP contribution in [-0.2, 0) is 0 Å². The Morgan fingerprint density at radius 3 is 2.64 bits per heavy atom. The molecule has 0 bridgehead atoms. The van der Waals surface area contributed by atoms with Crippen molar-refractivity contribution >= 4 is 34.4 Å². The number of hydrogen-bond donors (Lipinski definition) is 0. The predicted octanol–water partition coefficient (Wildman–Crippen LogP) is 2.02. The van der Waals surface area contributed by atoms with E-state index in [0.717, 1.165) is 8.60 Å². The first kappa shape index (κ1) is 9.78. The third-order valence-corrected chi connectivity index (χ3v) is 3.43. The van der Waals surface area contributed by atoms with Crippen molar-refractivity contribution in [2.24, 2.45) is 0 Å². The Morgan fingerprint density at radius 1 is 1.14 bits per heavy atom. The molecule has 2 rings (SSSR count). The summed E-state index contributed by atoms with van der Waals surface area (Å²) in [6, 6.07) is 1.79.